The predicted octanol–water partition coefficient (Wildman–Crippen LogP) is 2.36. The molecule has 4 nitrogen and oxygen atoms in total. The van der Waals surface area contributed by atoms with Gasteiger partial charge >= 0.3 is 0 Å². The highest BCUT2D eigenvalue weighted by molar-refractivity contribution is 5.86. The fraction of sp³-hybridized carbons (Fsp3) is 0.643. The number of nitrogens with one attached hydrogen (secondary N) is 1. The molecule has 2 unspecified atom stereocenters. The van der Waals surface area contributed by atoms with Gasteiger partial charge in [-0.3, -0.25) is 4.79 Å². The highest BCUT2D eigenvalue weighted by Crippen LogP contribution is 2.31. The van der Waals surface area contributed by atoms with Gasteiger partial charge < -0.3 is 15.5 Å². The number of carbonyl (C=O) groups excluding carboxylic acids is 1. The molecule has 3 atom stereocenters. The van der Waals surface area contributed by atoms with E-state index in [9.17, 15) is 4.79 Å². The predicted molar refractivity (Wildman–Crippen MR) is 69.8 cm³/mol. The first-order chi connectivity index (χ1) is 8.51. The molecule has 1 aliphatic rings. The molecular formula is C14H22N2O2. The third kappa shape index (κ3) is 2.75. The fourth-order valence-electron chi connectivity index (χ4n) is 2.75. The van der Waals surface area contributed by atoms with E-state index in [1.807, 2.05) is 19.1 Å². The molecule has 0 bridgehead atoms. The zero-order valence-corrected chi connectivity index (χ0v) is 11.1. The molecule has 0 saturated heterocycles. The molecule has 3 N–H and O–H groups in total. The van der Waals surface area contributed by atoms with Crippen LogP contribution >= 0.6 is 0 Å². The van der Waals surface area contributed by atoms with E-state index in [1.165, 1.54) is 6.42 Å². The van der Waals surface area contributed by atoms with Crippen LogP contribution in [0.2, 0.25) is 0 Å². The second-order valence-electron chi connectivity index (χ2n) is 5.57. The molecule has 1 fully saturated rings. The van der Waals surface area contributed by atoms with Crippen LogP contribution in [0, 0.1) is 5.92 Å². The van der Waals surface area contributed by atoms with Crippen LogP contribution in [-0.2, 0) is 4.79 Å². The Morgan fingerprint density at radius 2 is 2.44 bits per heavy atom. The summed E-state index contributed by atoms with van der Waals surface area (Å²) in [6.07, 6.45) is 5.34. The van der Waals surface area contributed by atoms with Gasteiger partial charge in [-0.2, -0.15) is 0 Å². The zero-order valence-electron chi connectivity index (χ0n) is 11.1. The number of hydrogen-bond acceptors (Lipinski definition) is 3. The minimum absolute atomic E-state index is 0.0575. The number of carbonyl (C=O) groups is 1. The lowest BCUT2D eigenvalue weighted by molar-refractivity contribution is -0.128. The molecular weight excluding hydrogens is 228 g/mol. The van der Waals surface area contributed by atoms with Crippen molar-refractivity contribution in [1.29, 1.82) is 0 Å². The molecule has 1 aromatic rings. The molecule has 1 amide bonds. The number of furan rings is 1. The normalized spacial score (nSPS) is 29.8. The first-order valence-electron chi connectivity index (χ1n) is 6.64. The number of rotatable bonds is 3. The van der Waals surface area contributed by atoms with Crippen molar-refractivity contribution in [3.05, 3.63) is 24.2 Å². The smallest absolute Gasteiger partial charge is 0.240 e. The highest BCUT2D eigenvalue weighted by Gasteiger charge is 2.38. The van der Waals surface area contributed by atoms with E-state index in [2.05, 4.69) is 12.2 Å². The summed E-state index contributed by atoms with van der Waals surface area (Å²) in [5.74, 6) is 1.22. The Balaban J connectivity index is 1.98. The van der Waals surface area contributed by atoms with Gasteiger partial charge in [0.15, 0.2) is 0 Å². The Morgan fingerprint density at radius 3 is 3.06 bits per heavy atom. The van der Waals surface area contributed by atoms with E-state index in [1.54, 1.807) is 6.26 Å². The number of hydrogen-bond donors (Lipinski definition) is 2. The van der Waals surface area contributed by atoms with E-state index in [0.717, 1.165) is 25.0 Å². The van der Waals surface area contributed by atoms with Crippen molar-refractivity contribution in [3.8, 4) is 0 Å². The molecule has 1 saturated carbocycles. The van der Waals surface area contributed by atoms with Crippen molar-refractivity contribution < 1.29 is 9.21 Å². The van der Waals surface area contributed by atoms with Crippen LogP contribution in [0.3, 0.4) is 0 Å². The van der Waals surface area contributed by atoms with E-state index in [-0.39, 0.29) is 11.9 Å². The summed E-state index contributed by atoms with van der Waals surface area (Å²) in [7, 11) is 0. The van der Waals surface area contributed by atoms with Crippen molar-refractivity contribution in [3.63, 3.8) is 0 Å². The Hall–Kier alpha value is -1.29. The van der Waals surface area contributed by atoms with Gasteiger partial charge in [-0.1, -0.05) is 19.8 Å². The van der Waals surface area contributed by atoms with E-state index >= 15 is 0 Å². The third-order valence-electron chi connectivity index (χ3n) is 3.80. The van der Waals surface area contributed by atoms with Crippen molar-refractivity contribution in [2.75, 3.05) is 0 Å². The Kier molecular flexibility index (Phi) is 3.76. The lowest BCUT2D eigenvalue weighted by Crippen LogP contribution is -2.56. The largest absolute Gasteiger partial charge is 0.467 e. The van der Waals surface area contributed by atoms with Crippen LogP contribution in [0.15, 0.2) is 22.8 Å². The Morgan fingerprint density at radius 1 is 1.67 bits per heavy atom. The molecule has 1 aliphatic carbocycles. The molecule has 0 radical (unpaired) electrons. The van der Waals surface area contributed by atoms with Crippen LogP contribution in [0.4, 0.5) is 0 Å². The maximum atomic E-state index is 12.3. The third-order valence-corrected chi connectivity index (χ3v) is 3.80. The lowest BCUT2D eigenvalue weighted by atomic mass is 9.76. The van der Waals surface area contributed by atoms with Crippen LogP contribution in [-0.4, -0.2) is 11.4 Å². The van der Waals surface area contributed by atoms with Gasteiger partial charge in [-0.25, -0.2) is 0 Å². The monoisotopic (exact) mass is 250 g/mol. The van der Waals surface area contributed by atoms with Crippen LogP contribution in [0.5, 0.6) is 0 Å². The van der Waals surface area contributed by atoms with E-state index < -0.39 is 5.54 Å². The quantitative estimate of drug-likeness (QED) is 0.865. The van der Waals surface area contributed by atoms with Crippen LogP contribution in [0.1, 0.15) is 51.3 Å². The summed E-state index contributed by atoms with van der Waals surface area (Å²) in [5.41, 5.74) is 5.54. The van der Waals surface area contributed by atoms with Crippen molar-refractivity contribution in [2.24, 2.45) is 11.7 Å². The van der Waals surface area contributed by atoms with Crippen molar-refractivity contribution >= 4 is 5.91 Å². The first-order valence-corrected chi connectivity index (χ1v) is 6.64. The summed E-state index contributed by atoms with van der Waals surface area (Å²) in [4.78, 5) is 12.3. The average molecular weight is 250 g/mol. The molecule has 100 valence electrons. The van der Waals surface area contributed by atoms with Gasteiger partial charge in [-0.05, 0) is 37.8 Å². The van der Waals surface area contributed by atoms with E-state index in [4.69, 9.17) is 10.2 Å². The molecule has 1 heterocycles. The maximum absolute atomic E-state index is 12.3. The summed E-state index contributed by atoms with van der Waals surface area (Å²) < 4.78 is 5.28. The average Bonchev–Trinajstić information content (AvgIpc) is 2.81. The molecule has 1 aromatic heterocycles. The zero-order chi connectivity index (χ0) is 13.2. The highest BCUT2D eigenvalue weighted by atomic mass is 16.3. The number of nitrogens with two attached hydrogens (primary N) is 1. The topological polar surface area (TPSA) is 68.3 Å². The summed E-state index contributed by atoms with van der Waals surface area (Å²) in [6.45, 7) is 4.07. The van der Waals surface area contributed by atoms with Crippen molar-refractivity contribution in [2.45, 2.75) is 51.1 Å². The number of amides is 1. The van der Waals surface area contributed by atoms with Gasteiger partial charge in [-0.15, -0.1) is 0 Å². The minimum atomic E-state index is -0.710. The van der Waals surface area contributed by atoms with Crippen molar-refractivity contribution in [1.82, 2.24) is 5.32 Å². The maximum Gasteiger partial charge on any atom is 0.240 e. The Labute approximate surface area is 108 Å². The molecule has 18 heavy (non-hydrogen) atoms. The SMILES string of the molecule is CC1CCCC(N)(C(=O)N[C@@H](C)c2ccco2)C1. The molecule has 0 aromatic carbocycles. The molecule has 0 spiro atoms. The summed E-state index contributed by atoms with van der Waals surface area (Å²) in [5, 5.41) is 2.96. The van der Waals surface area contributed by atoms with Gasteiger partial charge in [0.05, 0.1) is 17.8 Å². The summed E-state index contributed by atoms with van der Waals surface area (Å²) >= 11 is 0. The first kappa shape index (κ1) is 13.1. The molecule has 2 rings (SSSR count). The van der Waals surface area contributed by atoms with Crippen LogP contribution < -0.4 is 11.1 Å². The minimum Gasteiger partial charge on any atom is -0.467 e. The lowest BCUT2D eigenvalue weighted by Gasteiger charge is -2.36. The second kappa shape index (κ2) is 5.14. The molecule has 0 aliphatic heterocycles. The van der Waals surface area contributed by atoms with Gasteiger partial charge in [0.25, 0.3) is 0 Å². The fourth-order valence-corrected chi connectivity index (χ4v) is 2.75. The Bertz CT molecular complexity index is 402. The van der Waals surface area contributed by atoms with Gasteiger partial charge in [0.1, 0.15) is 5.76 Å². The molecule has 4 heteroatoms. The van der Waals surface area contributed by atoms with E-state index in [0.29, 0.717) is 5.92 Å². The second-order valence-corrected chi connectivity index (χ2v) is 5.57. The van der Waals surface area contributed by atoms with Gasteiger partial charge in [0, 0.05) is 0 Å². The van der Waals surface area contributed by atoms with Crippen LogP contribution in [0.25, 0.3) is 0 Å². The van der Waals surface area contributed by atoms with Gasteiger partial charge in [0.2, 0.25) is 5.91 Å². The standard InChI is InChI=1S/C14H22N2O2/c1-10-5-3-7-14(15,9-10)13(17)16-11(2)12-6-4-8-18-12/h4,6,8,10-11H,3,5,7,9,15H2,1-2H3,(H,16,17)/t10?,11-,14?/m0/s1. The summed E-state index contributed by atoms with van der Waals surface area (Å²) in [6, 6.07) is 3.54.